The van der Waals surface area contributed by atoms with Crippen molar-refractivity contribution in [2.24, 2.45) is 0 Å². The number of carbonyl (C=O) groups excluding carboxylic acids is 1. The second kappa shape index (κ2) is 8.24. The van der Waals surface area contributed by atoms with Gasteiger partial charge in [-0.3, -0.25) is 9.80 Å². The van der Waals surface area contributed by atoms with E-state index in [0.29, 0.717) is 6.67 Å². The average Bonchev–Trinajstić information content (AvgIpc) is 2.97. The molecule has 172 valence electrons. The van der Waals surface area contributed by atoms with Gasteiger partial charge in [0.1, 0.15) is 11.9 Å². The maximum absolute atomic E-state index is 13.3. The molecule has 0 aromatic heterocycles. The molecule has 1 amide bonds. The third kappa shape index (κ3) is 3.48. The number of aryl methyl sites for hydroxylation is 2. The molecule has 2 aromatic rings. The fourth-order valence-corrected chi connectivity index (χ4v) is 5.02. The number of amides is 1. The van der Waals surface area contributed by atoms with Crippen LogP contribution >= 0.6 is 0 Å². The van der Waals surface area contributed by atoms with Gasteiger partial charge in [-0.2, -0.15) is 5.01 Å². The molecule has 0 bridgehead atoms. The first-order valence-corrected chi connectivity index (χ1v) is 11.3. The lowest BCUT2D eigenvalue weighted by Gasteiger charge is -2.50. The van der Waals surface area contributed by atoms with E-state index in [1.54, 1.807) is 23.2 Å². The van der Waals surface area contributed by atoms with E-state index in [0.717, 1.165) is 29.7 Å². The number of benzene rings is 2. The van der Waals surface area contributed by atoms with E-state index in [2.05, 4.69) is 35.3 Å². The van der Waals surface area contributed by atoms with Crippen LogP contribution in [-0.2, 0) is 17.6 Å². The van der Waals surface area contributed by atoms with Crippen molar-refractivity contribution < 1.29 is 19.7 Å². The molecule has 1 fully saturated rings. The number of methoxy groups -OCH3 is 1. The molecule has 2 N–H and O–H groups in total. The monoisotopic (exact) mass is 447 g/mol. The fourth-order valence-electron chi connectivity index (χ4n) is 5.02. The number of fused-ring (bicyclic) bond motifs is 3. The van der Waals surface area contributed by atoms with Crippen LogP contribution in [0.3, 0.4) is 0 Å². The predicted molar refractivity (Wildman–Crippen MR) is 124 cm³/mol. The number of hydrazine groups is 1. The summed E-state index contributed by atoms with van der Waals surface area (Å²) in [5, 5.41) is 24.8. The van der Waals surface area contributed by atoms with Gasteiger partial charge in [0, 0.05) is 12.2 Å². The average molecular weight is 448 g/mol. The maximum Gasteiger partial charge on any atom is 0.276 e. The Morgan fingerprint density at radius 2 is 1.79 bits per heavy atom. The molecule has 2 heterocycles. The number of carbonyl (C=O) groups is 1. The normalized spacial score (nSPS) is 22.8. The molecule has 0 saturated carbocycles. The number of hydrogen-bond donors (Lipinski definition) is 2. The molecule has 2 atom stereocenters. The summed E-state index contributed by atoms with van der Waals surface area (Å²) in [6.07, 6.45) is 3.76. The van der Waals surface area contributed by atoms with Gasteiger partial charge in [-0.25, -0.2) is 0 Å². The minimum absolute atomic E-state index is 0.0816. The summed E-state index contributed by atoms with van der Waals surface area (Å²) in [6, 6.07) is 14.3. The molecule has 1 aliphatic carbocycles. The van der Waals surface area contributed by atoms with Crippen molar-refractivity contribution in [3.05, 3.63) is 88.5 Å². The molecule has 2 unspecified atom stereocenters. The number of ether oxygens (including phenoxy) is 1. The van der Waals surface area contributed by atoms with E-state index < -0.39 is 6.10 Å². The summed E-state index contributed by atoms with van der Waals surface area (Å²) >= 11 is 0. The molecular formula is C26H29N3O4. The summed E-state index contributed by atoms with van der Waals surface area (Å²) < 4.78 is 5.50. The highest BCUT2D eigenvalue weighted by Crippen LogP contribution is 2.42. The van der Waals surface area contributed by atoms with Crippen molar-refractivity contribution in [3.63, 3.8) is 0 Å². The minimum Gasteiger partial charge on any atom is -0.507 e. The van der Waals surface area contributed by atoms with Gasteiger partial charge in [0.25, 0.3) is 5.91 Å². The lowest BCUT2D eigenvalue weighted by molar-refractivity contribution is -0.153. The topological polar surface area (TPSA) is 76.5 Å². The zero-order chi connectivity index (χ0) is 23.3. The second-order valence-electron chi connectivity index (χ2n) is 8.98. The Morgan fingerprint density at radius 1 is 1.06 bits per heavy atom. The van der Waals surface area contributed by atoms with Crippen molar-refractivity contribution in [1.82, 2.24) is 14.9 Å². The standard InChI is InChI=1S/C26H29N3O4/c1-16(2)27-15-29(28-13-12-22(30)25(31)24(28)26(27)32)23-20-7-5-4-6-17(20)8-9-18-14-19(33-3)10-11-21(18)23/h4-7,10-14,16,22-23,30-31H,8-9,15H2,1-3H3. The van der Waals surface area contributed by atoms with Gasteiger partial charge in [0.2, 0.25) is 0 Å². The van der Waals surface area contributed by atoms with Crippen LogP contribution in [0.1, 0.15) is 42.1 Å². The van der Waals surface area contributed by atoms with Crippen LogP contribution in [0.2, 0.25) is 0 Å². The van der Waals surface area contributed by atoms with Gasteiger partial charge in [0.05, 0.1) is 19.8 Å². The van der Waals surface area contributed by atoms with Crippen molar-refractivity contribution >= 4 is 5.91 Å². The van der Waals surface area contributed by atoms with E-state index >= 15 is 0 Å². The first kappa shape index (κ1) is 21.6. The first-order chi connectivity index (χ1) is 15.9. The quantitative estimate of drug-likeness (QED) is 0.752. The van der Waals surface area contributed by atoms with Crippen LogP contribution in [0, 0.1) is 0 Å². The van der Waals surface area contributed by atoms with Gasteiger partial charge in [-0.05, 0) is 67.2 Å². The number of aliphatic hydroxyl groups excluding tert-OH is 2. The molecule has 1 saturated heterocycles. The third-order valence-corrected chi connectivity index (χ3v) is 6.78. The van der Waals surface area contributed by atoms with Gasteiger partial charge in [-0.1, -0.05) is 30.3 Å². The molecule has 0 spiro atoms. The van der Waals surface area contributed by atoms with Gasteiger partial charge >= 0.3 is 0 Å². The molecule has 7 heteroatoms. The molecule has 0 radical (unpaired) electrons. The van der Waals surface area contributed by atoms with Crippen LogP contribution in [-0.4, -0.2) is 57.0 Å². The predicted octanol–water partition coefficient (Wildman–Crippen LogP) is 3.27. The lowest BCUT2D eigenvalue weighted by Crippen LogP contribution is -2.60. The van der Waals surface area contributed by atoms with Crippen molar-refractivity contribution in [3.8, 4) is 5.75 Å². The molecule has 5 rings (SSSR count). The molecule has 2 aliphatic heterocycles. The Morgan fingerprint density at radius 3 is 2.55 bits per heavy atom. The number of rotatable bonds is 3. The van der Waals surface area contributed by atoms with Gasteiger partial charge in [0.15, 0.2) is 11.5 Å². The molecule has 2 aromatic carbocycles. The fraction of sp³-hybridized carbons (Fsp3) is 0.346. The number of nitrogens with zero attached hydrogens (tertiary/aromatic N) is 3. The lowest BCUT2D eigenvalue weighted by atomic mass is 9.93. The molecule has 3 aliphatic rings. The van der Waals surface area contributed by atoms with Crippen LogP contribution in [0.25, 0.3) is 0 Å². The Labute approximate surface area is 193 Å². The maximum atomic E-state index is 13.3. The van der Waals surface area contributed by atoms with Crippen LogP contribution in [0.4, 0.5) is 0 Å². The summed E-state index contributed by atoms with van der Waals surface area (Å²) in [4.78, 5) is 15.0. The van der Waals surface area contributed by atoms with Crippen LogP contribution in [0.5, 0.6) is 5.75 Å². The van der Waals surface area contributed by atoms with E-state index in [-0.39, 0.29) is 29.4 Å². The van der Waals surface area contributed by atoms with Crippen molar-refractivity contribution in [2.75, 3.05) is 13.8 Å². The zero-order valence-electron chi connectivity index (χ0n) is 19.1. The van der Waals surface area contributed by atoms with Crippen LogP contribution < -0.4 is 4.74 Å². The molecule has 33 heavy (non-hydrogen) atoms. The van der Waals surface area contributed by atoms with Gasteiger partial charge < -0.3 is 19.8 Å². The van der Waals surface area contributed by atoms with Gasteiger partial charge in [-0.15, -0.1) is 0 Å². The third-order valence-electron chi connectivity index (χ3n) is 6.78. The summed E-state index contributed by atoms with van der Waals surface area (Å²) in [5.41, 5.74) is 4.84. The Kier molecular flexibility index (Phi) is 5.38. The zero-order valence-corrected chi connectivity index (χ0v) is 19.1. The second-order valence-corrected chi connectivity index (χ2v) is 8.98. The SMILES string of the molecule is COc1ccc2c(c1)CCc1ccccc1C2N1CN(C(C)C)C(=O)C2=C(O)C(O)C=CN21. The first-order valence-electron chi connectivity index (χ1n) is 11.3. The number of hydrogen-bond acceptors (Lipinski definition) is 6. The van der Waals surface area contributed by atoms with Crippen molar-refractivity contribution in [1.29, 1.82) is 0 Å². The highest BCUT2D eigenvalue weighted by Gasteiger charge is 2.44. The molecule has 7 nitrogen and oxygen atoms in total. The molecular weight excluding hydrogens is 418 g/mol. The minimum atomic E-state index is -1.20. The summed E-state index contributed by atoms with van der Waals surface area (Å²) in [5.74, 6) is 0.198. The highest BCUT2D eigenvalue weighted by atomic mass is 16.5. The highest BCUT2D eigenvalue weighted by molar-refractivity contribution is 5.94. The van der Waals surface area contributed by atoms with E-state index in [1.165, 1.54) is 17.2 Å². The van der Waals surface area contributed by atoms with E-state index in [9.17, 15) is 15.0 Å². The van der Waals surface area contributed by atoms with Crippen molar-refractivity contribution in [2.45, 2.75) is 44.9 Å². The summed E-state index contributed by atoms with van der Waals surface area (Å²) in [6.45, 7) is 4.26. The Balaban J connectivity index is 1.72. The van der Waals surface area contributed by atoms with E-state index in [4.69, 9.17) is 4.74 Å². The number of aliphatic hydroxyl groups is 2. The smallest absolute Gasteiger partial charge is 0.276 e. The Hall–Kier alpha value is -3.29. The van der Waals surface area contributed by atoms with E-state index in [1.807, 2.05) is 26.0 Å². The van der Waals surface area contributed by atoms with Crippen LogP contribution in [0.15, 0.2) is 66.2 Å². The largest absolute Gasteiger partial charge is 0.507 e. The summed E-state index contributed by atoms with van der Waals surface area (Å²) in [7, 11) is 1.67. The Bertz CT molecular complexity index is 1160.